The molecule has 1 aliphatic rings. The predicted molar refractivity (Wildman–Crippen MR) is 96.2 cm³/mol. The summed E-state index contributed by atoms with van der Waals surface area (Å²) in [5.41, 5.74) is 0.210. The van der Waals surface area contributed by atoms with Gasteiger partial charge < -0.3 is 5.32 Å². The van der Waals surface area contributed by atoms with Gasteiger partial charge in [-0.05, 0) is 37.0 Å². The number of nitrogens with one attached hydrogen (secondary N) is 1. The molecule has 1 aromatic heterocycles. The molecular formula is C18H17ClN4O3. The van der Waals surface area contributed by atoms with E-state index >= 15 is 0 Å². The minimum absolute atomic E-state index is 0.0453. The number of halogens is 1. The Morgan fingerprint density at radius 2 is 2.00 bits per heavy atom. The second kappa shape index (κ2) is 7.58. The maximum Gasteiger partial charge on any atom is 0.331 e. The smallest absolute Gasteiger partial charge is 0.331 e. The van der Waals surface area contributed by atoms with Crippen molar-refractivity contribution in [2.24, 2.45) is 0 Å². The van der Waals surface area contributed by atoms with Gasteiger partial charge in [0, 0.05) is 23.8 Å². The molecule has 0 saturated heterocycles. The van der Waals surface area contributed by atoms with Crippen LogP contribution < -0.4 is 16.6 Å². The van der Waals surface area contributed by atoms with Gasteiger partial charge in [-0.25, -0.2) is 9.36 Å². The van der Waals surface area contributed by atoms with Crippen LogP contribution in [0.4, 0.5) is 0 Å². The van der Waals surface area contributed by atoms with Gasteiger partial charge in [0.15, 0.2) is 0 Å². The van der Waals surface area contributed by atoms with Gasteiger partial charge in [-0.3, -0.25) is 14.2 Å². The second-order valence-electron chi connectivity index (χ2n) is 6.09. The quantitative estimate of drug-likeness (QED) is 0.841. The van der Waals surface area contributed by atoms with Gasteiger partial charge in [0.2, 0.25) is 5.91 Å². The summed E-state index contributed by atoms with van der Waals surface area (Å²) in [5.74, 6) is -0.444. The highest BCUT2D eigenvalue weighted by atomic mass is 35.5. The maximum absolute atomic E-state index is 12.4. The van der Waals surface area contributed by atoms with Crippen LogP contribution in [0.2, 0.25) is 5.02 Å². The average Bonchev–Trinajstić information content (AvgIpc) is 3.10. The number of hydrogen-bond donors (Lipinski definition) is 1. The molecule has 0 spiro atoms. The van der Waals surface area contributed by atoms with Crippen molar-refractivity contribution in [3.05, 3.63) is 66.9 Å². The Labute approximate surface area is 154 Å². The summed E-state index contributed by atoms with van der Waals surface area (Å²) in [6, 6.07) is 9.14. The van der Waals surface area contributed by atoms with Crippen LogP contribution in [-0.2, 0) is 30.7 Å². The van der Waals surface area contributed by atoms with Crippen molar-refractivity contribution in [1.82, 2.24) is 14.5 Å². The summed E-state index contributed by atoms with van der Waals surface area (Å²) in [5, 5.41) is 12.6. The number of benzene rings is 1. The standard InChI is InChI=1S/C18H17ClN4O3/c19-13-5-3-12(4-6-13)7-8-21-16(24)11-23-17(25)14(10-20)15-2-1-9-22(15)18(23)26/h3-6H,1-2,7-9,11H2,(H,21,24). The zero-order valence-electron chi connectivity index (χ0n) is 14.0. The lowest BCUT2D eigenvalue weighted by atomic mass is 10.1. The summed E-state index contributed by atoms with van der Waals surface area (Å²) in [6.45, 7) is 0.432. The third-order valence-corrected chi connectivity index (χ3v) is 4.65. The molecule has 0 radical (unpaired) electrons. The summed E-state index contributed by atoms with van der Waals surface area (Å²) in [7, 11) is 0. The van der Waals surface area contributed by atoms with E-state index in [0.717, 1.165) is 10.1 Å². The van der Waals surface area contributed by atoms with Crippen molar-refractivity contribution in [2.45, 2.75) is 32.4 Å². The van der Waals surface area contributed by atoms with E-state index in [-0.39, 0.29) is 5.56 Å². The Morgan fingerprint density at radius 1 is 1.27 bits per heavy atom. The monoisotopic (exact) mass is 372 g/mol. The van der Waals surface area contributed by atoms with E-state index in [9.17, 15) is 19.6 Å². The summed E-state index contributed by atoms with van der Waals surface area (Å²) < 4.78 is 2.26. The Bertz CT molecular complexity index is 999. The maximum atomic E-state index is 12.4. The SMILES string of the molecule is N#Cc1c2n(c(=O)n(CC(=O)NCCc3ccc(Cl)cc3)c1=O)CCC2. The molecule has 1 aliphatic heterocycles. The molecule has 0 bridgehead atoms. The van der Waals surface area contributed by atoms with Crippen molar-refractivity contribution in [3.63, 3.8) is 0 Å². The number of nitrogens with zero attached hydrogens (tertiary/aromatic N) is 3. The normalized spacial score (nSPS) is 12.5. The first-order chi connectivity index (χ1) is 12.5. The summed E-state index contributed by atoms with van der Waals surface area (Å²) in [6.07, 6.45) is 1.84. The number of hydrogen-bond acceptors (Lipinski definition) is 4. The van der Waals surface area contributed by atoms with Crippen LogP contribution in [0.3, 0.4) is 0 Å². The molecule has 0 aliphatic carbocycles. The van der Waals surface area contributed by atoms with Crippen LogP contribution in [0.1, 0.15) is 23.2 Å². The molecule has 0 atom stereocenters. The molecule has 1 aromatic carbocycles. The van der Waals surface area contributed by atoms with E-state index in [2.05, 4.69) is 5.32 Å². The highest BCUT2D eigenvalue weighted by molar-refractivity contribution is 6.30. The van der Waals surface area contributed by atoms with E-state index in [1.54, 1.807) is 12.1 Å². The lowest BCUT2D eigenvalue weighted by Crippen LogP contribution is -2.45. The molecule has 3 rings (SSSR count). The molecule has 134 valence electrons. The Hall–Kier alpha value is -2.85. The number of rotatable bonds is 5. The first-order valence-corrected chi connectivity index (χ1v) is 8.67. The molecule has 2 heterocycles. The van der Waals surface area contributed by atoms with Crippen molar-refractivity contribution >= 4 is 17.5 Å². The topological polar surface area (TPSA) is 96.9 Å². The van der Waals surface area contributed by atoms with Crippen LogP contribution in [0.5, 0.6) is 0 Å². The van der Waals surface area contributed by atoms with E-state index in [4.69, 9.17) is 11.6 Å². The van der Waals surface area contributed by atoms with Gasteiger partial charge in [-0.15, -0.1) is 0 Å². The zero-order valence-corrected chi connectivity index (χ0v) is 14.8. The van der Waals surface area contributed by atoms with E-state index in [1.807, 2.05) is 18.2 Å². The zero-order chi connectivity index (χ0) is 18.7. The number of aromatic nitrogens is 2. The fraction of sp³-hybridized carbons (Fsp3) is 0.333. The molecule has 26 heavy (non-hydrogen) atoms. The number of nitriles is 1. The van der Waals surface area contributed by atoms with Gasteiger partial charge in [0.05, 0.1) is 0 Å². The highest BCUT2D eigenvalue weighted by Gasteiger charge is 2.23. The van der Waals surface area contributed by atoms with Gasteiger partial charge in [-0.1, -0.05) is 23.7 Å². The molecule has 2 aromatic rings. The summed E-state index contributed by atoms with van der Waals surface area (Å²) in [4.78, 5) is 37.0. The average molecular weight is 373 g/mol. The van der Waals surface area contributed by atoms with Crippen molar-refractivity contribution < 1.29 is 4.79 Å². The minimum atomic E-state index is -0.696. The Kier molecular flexibility index (Phi) is 5.24. The van der Waals surface area contributed by atoms with Crippen molar-refractivity contribution in [1.29, 1.82) is 5.26 Å². The number of carbonyl (C=O) groups is 1. The second-order valence-corrected chi connectivity index (χ2v) is 6.53. The molecule has 7 nitrogen and oxygen atoms in total. The van der Waals surface area contributed by atoms with E-state index in [0.29, 0.717) is 43.1 Å². The highest BCUT2D eigenvalue weighted by Crippen LogP contribution is 2.13. The molecule has 8 heteroatoms. The van der Waals surface area contributed by atoms with Gasteiger partial charge in [0.25, 0.3) is 5.56 Å². The van der Waals surface area contributed by atoms with Crippen LogP contribution in [0.15, 0.2) is 33.9 Å². The lowest BCUT2D eigenvalue weighted by molar-refractivity contribution is -0.121. The van der Waals surface area contributed by atoms with Gasteiger partial charge in [-0.2, -0.15) is 5.26 Å². The van der Waals surface area contributed by atoms with E-state index < -0.39 is 23.7 Å². The summed E-state index contributed by atoms with van der Waals surface area (Å²) >= 11 is 5.82. The van der Waals surface area contributed by atoms with Crippen LogP contribution in [0.25, 0.3) is 0 Å². The fourth-order valence-corrected chi connectivity index (χ4v) is 3.21. The molecule has 0 fully saturated rings. The van der Waals surface area contributed by atoms with Crippen molar-refractivity contribution in [2.75, 3.05) is 6.54 Å². The van der Waals surface area contributed by atoms with E-state index in [1.165, 1.54) is 4.57 Å². The first kappa shape index (κ1) is 18.0. The fourth-order valence-electron chi connectivity index (χ4n) is 3.09. The lowest BCUT2D eigenvalue weighted by Gasteiger charge is -2.11. The molecule has 0 saturated carbocycles. The van der Waals surface area contributed by atoms with Crippen LogP contribution in [0, 0.1) is 11.3 Å². The Morgan fingerprint density at radius 3 is 2.69 bits per heavy atom. The predicted octanol–water partition coefficient (Wildman–Crippen LogP) is 0.840. The van der Waals surface area contributed by atoms with Gasteiger partial charge in [0.1, 0.15) is 18.2 Å². The minimum Gasteiger partial charge on any atom is -0.354 e. The molecule has 1 amide bonds. The van der Waals surface area contributed by atoms with Crippen molar-refractivity contribution in [3.8, 4) is 6.07 Å². The third-order valence-electron chi connectivity index (χ3n) is 4.39. The number of carbonyl (C=O) groups excluding carboxylic acids is 1. The van der Waals surface area contributed by atoms with Crippen LogP contribution in [-0.4, -0.2) is 21.6 Å². The molecule has 0 unspecified atom stereocenters. The largest absolute Gasteiger partial charge is 0.354 e. The first-order valence-electron chi connectivity index (χ1n) is 8.29. The molecule has 1 N–H and O–H groups in total. The van der Waals surface area contributed by atoms with Crippen LogP contribution >= 0.6 is 11.6 Å². The molecular weight excluding hydrogens is 356 g/mol. The van der Waals surface area contributed by atoms with Gasteiger partial charge >= 0.3 is 5.69 Å². The Balaban J connectivity index is 1.70. The number of fused-ring (bicyclic) bond motifs is 1. The third kappa shape index (κ3) is 3.55. The number of amides is 1.